The van der Waals surface area contributed by atoms with Crippen LogP contribution in [-0.4, -0.2) is 17.2 Å². The number of halogens is 2. The first-order valence-corrected chi connectivity index (χ1v) is 6.02. The number of Topliss-reactive ketones (excluding diaryl/α,β-unsaturated/α-hetero) is 1. The third-order valence-corrected chi connectivity index (χ3v) is 3.01. The lowest BCUT2D eigenvalue weighted by molar-refractivity contribution is 0.0993. The van der Waals surface area contributed by atoms with E-state index in [0.29, 0.717) is 22.9 Å². The van der Waals surface area contributed by atoms with Gasteiger partial charge in [0.15, 0.2) is 5.78 Å². The molecule has 0 fully saturated rings. The summed E-state index contributed by atoms with van der Waals surface area (Å²) < 4.78 is 5.46. The third-order valence-electron chi connectivity index (χ3n) is 2.38. The van der Waals surface area contributed by atoms with Gasteiger partial charge in [0, 0.05) is 11.4 Å². The highest BCUT2D eigenvalue weighted by molar-refractivity contribution is 9.10. The molecule has 2 nitrogen and oxygen atoms in total. The summed E-state index contributed by atoms with van der Waals surface area (Å²) in [7, 11) is 0. The molecule has 1 atom stereocenters. The van der Waals surface area contributed by atoms with Crippen LogP contribution in [0.2, 0.25) is 5.02 Å². The highest BCUT2D eigenvalue weighted by Gasteiger charge is 2.23. The Morgan fingerprint density at radius 2 is 2.33 bits per heavy atom. The maximum Gasteiger partial charge on any atom is 0.179 e. The molecule has 0 radical (unpaired) electrons. The van der Waals surface area contributed by atoms with Gasteiger partial charge in [-0.3, -0.25) is 4.79 Å². The van der Waals surface area contributed by atoms with Crippen molar-refractivity contribution in [3.8, 4) is 5.75 Å². The van der Waals surface area contributed by atoms with Crippen molar-refractivity contribution in [3.05, 3.63) is 28.3 Å². The molecule has 0 saturated carbocycles. The van der Waals surface area contributed by atoms with Gasteiger partial charge in [0.05, 0.1) is 17.0 Å². The van der Waals surface area contributed by atoms with Crippen molar-refractivity contribution < 1.29 is 9.53 Å². The maximum absolute atomic E-state index is 11.9. The van der Waals surface area contributed by atoms with E-state index in [4.69, 9.17) is 16.3 Å². The van der Waals surface area contributed by atoms with Gasteiger partial charge in [-0.15, -0.1) is 0 Å². The van der Waals surface area contributed by atoms with Gasteiger partial charge in [-0.2, -0.15) is 0 Å². The largest absolute Gasteiger partial charge is 0.492 e. The van der Waals surface area contributed by atoms with Crippen molar-refractivity contribution >= 4 is 33.3 Å². The molecule has 2 rings (SSSR count). The summed E-state index contributed by atoms with van der Waals surface area (Å²) in [4.78, 5) is 11.7. The molecule has 0 N–H and O–H groups in total. The Kier molecular flexibility index (Phi) is 3.03. The monoisotopic (exact) mass is 288 g/mol. The molecule has 1 aromatic carbocycles. The number of fused-ring (bicyclic) bond motifs is 1. The molecule has 1 aliphatic rings. The normalized spacial score (nSPS) is 15.7. The van der Waals surface area contributed by atoms with Gasteiger partial charge in [-0.05, 0) is 24.6 Å². The zero-order valence-electron chi connectivity index (χ0n) is 8.22. The van der Waals surface area contributed by atoms with E-state index in [1.165, 1.54) is 0 Å². The van der Waals surface area contributed by atoms with E-state index in [2.05, 4.69) is 15.9 Å². The second-order valence-corrected chi connectivity index (χ2v) is 5.33. The predicted molar refractivity (Wildman–Crippen MR) is 63.4 cm³/mol. The van der Waals surface area contributed by atoms with E-state index in [0.717, 1.165) is 12.0 Å². The summed E-state index contributed by atoms with van der Waals surface area (Å²) in [5, 5.41) is 0.593. The molecule has 0 amide bonds. The molecule has 80 valence electrons. The molecular formula is C11H10BrClO2. The zero-order chi connectivity index (χ0) is 11.0. The zero-order valence-corrected chi connectivity index (χ0v) is 10.6. The van der Waals surface area contributed by atoms with Crippen LogP contribution in [0, 0.1) is 0 Å². The van der Waals surface area contributed by atoms with E-state index in [-0.39, 0.29) is 10.6 Å². The van der Waals surface area contributed by atoms with E-state index in [1.54, 1.807) is 13.0 Å². The standard InChI is InChI=1S/C11H10BrClO2/c1-6(12)10(14)9-5-8(13)4-7-2-3-15-11(7)9/h4-6H,2-3H2,1H3. The molecule has 4 heteroatoms. The Bertz CT molecular complexity index is 415. The van der Waals surface area contributed by atoms with Gasteiger partial charge >= 0.3 is 0 Å². The topological polar surface area (TPSA) is 26.3 Å². The van der Waals surface area contributed by atoms with Gasteiger partial charge in [0.2, 0.25) is 0 Å². The number of carbonyl (C=O) groups excluding carboxylic acids is 1. The quantitative estimate of drug-likeness (QED) is 0.617. The second kappa shape index (κ2) is 4.14. The van der Waals surface area contributed by atoms with Crippen LogP contribution in [0.3, 0.4) is 0 Å². The molecule has 0 aromatic heterocycles. The maximum atomic E-state index is 11.9. The van der Waals surface area contributed by atoms with Crippen LogP contribution in [0.1, 0.15) is 22.8 Å². The first-order chi connectivity index (χ1) is 7.09. The summed E-state index contributed by atoms with van der Waals surface area (Å²) in [5.74, 6) is 0.714. The number of carbonyl (C=O) groups is 1. The van der Waals surface area contributed by atoms with Crippen molar-refractivity contribution in [2.45, 2.75) is 18.2 Å². The number of hydrogen-bond donors (Lipinski definition) is 0. The highest BCUT2D eigenvalue weighted by Crippen LogP contribution is 2.34. The van der Waals surface area contributed by atoms with Gasteiger partial charge in [-0.1, -0.05) is 27.5 Å². The molecular weight excluding hydrogens is 279 g/mol. The molecule has 0 aliphatic carbocycles. The Hall–Kier alpha value is -0.540. The molecule has 1 aromatic rings. The Labute approximate surface area is 102 Å². The summed E-state index contributed by atoms with van der Waals surface area (Å²) >= 11 is 9.22. The molecule has 1 heterocycles. The van der Waals surface area contributed by atoms with Crippen LogP contribution in [-0.2, 0) is 6.42 Å². The lowest BCUT2D eigenvalue weighted by Gasteiger charge is -2.09. The van der Waals surface area contributed by atoms with Crippen LogP contribution in [0.25, 0.3) is 0 Å². The fourth-order valence-electron chi connectivity index (χ4n) is 1.67. The van der Waals surface area contributed by atoms with Crippen molar-refractivity contribution in [1.29, 1.82) is 0 Å². The molecule has 1 aliphatic heterocycles. The first kappa shape index (κ1) is 11.0. The summed E-state index contributed by atoms with van der Waals surface area (Å²) in [6.07, 6.45) is 0.826. The van der Waals surface area contributed by atoms with E-state index < -0.39 is 0 Å². The second-order valence-electron chi connectivity index (χ2n) is 3.52. The number of alkyl halides is 1. The van der Waals surface area contributed by atoms with E-state index >= 15 is 0 Å². The number of hydrogen-bond acceptors (Lipinski definition) is 2. The van der Waals surface area contributed by atoms with Crippen LogP contribution >= 0.6 is 27.5 Å². The highest BCUT2D eigenvalue weighted by atomic mass is 79.9. The number of benzene rings is 1. The fourth-order valence-corrected chi connectivity index (χ4v) is 2.15. The van der Waals surface area contributed by atoms with E-state index in [1.807, 2.05) is 6.07 Å². The van der Waals surface area contributed by atoms with Crippen molar-refractivity contribution in [2.75, 3.05) is 6.61 Å². The first-order valence-electron chi connectivity index (χ1n) is 4.73. The van der Waals surface area contributed by atoms with Gasteiger partial charge in [0.1, 0.15) is 5.75 Å². The average Bonchev–Trinajstić information content (AvgIpc) is 2.62. The Morgan fingerprint density at radius 1 is 1.60 bits per heavy atom. The molecule has 15 heavy (non-hydrogen) atoms. The van der Waals surface area contributed by atoms with Crippen LogP contribution in [0.5, 0.6) is 5.75 Å². The van der Waals surface area contributed by atoms with Crippen molar-refractivity contribution in [1.82, 2.24) is 0 Å². The lowest BCUT2D eigenvalue weighted by Crippen LogP contribution is -2.11. The van der Waals surface area contributed by atoms with Crippen molar-refractivity contribution in [2.24, 2.45) is 0 Å². The van der Waals surface area contributed by atoms with Crippen LogP contribution in [0.15, 0.2) is 12.1 Å². The predicted octanol–water partition coefficient (Wildman–Crippen LogP) is 3.24. The van der Waals surface area contributed by atoms with Crippen molar-refractivity contribution in [3.63, 3.8) is 0 Å². The smallest absolute Gasteiger partial charge is 0.179 e. The van der Waals surface area contributed by atoms with Crippen LogP contribution in [0.4, 0.5) is 0 Å². The lowest BCUT2D eigenvalue weighted by atomic mass is 10.0. The fraction of sp³-hybridized carbons (Fsp3) is 0.364. The number of ether oxygens (including phenoxy) is 1. The van der Waals surface area contributed by atoms with Gasteiger partial charge < -0.3 is 4.74 Å². The minimum absolute atomic E-state index is 0.00986. The average molecular weight is 290 g/mol. The summed E-state index contributed by atoms with van der Waals surface area (Å²) in [5.41, 5.74) is 1.61. The minimum atomic E-state index is -0.218. The van der Waals surface area contributed by atoms with Gasteiger partial charge in [0.25, 0.3) is 0 Å². The molecule has 0 saturated heterocycles. The van der Waals surface area contributed by atoms with Gasteiger partial charge in [-0.25, -0.2) is 0 Å². The third kappa shape index (κ3) is 2.04. The van der Waals surface area contributed by atoms with E-state index in [9.17, 15) is 4.79 Å². The SMILES string of the molecule is CC(Br)C(=O)c1cc(Cl)cc2c1OCC2. The summed E-state index contributed by atoms with van der Waals surface area (Å²) in [6, 6.07) is 3.53. The summed E-state index contributed by atoms with van der Waals surface area (Å²) in [6.45, 7) is 2.43. The minimum Gasteiger partial charge on any atom is -0.492 e. The number of ketones is 1. The molecule has 1 unspecified atom stereocenters. The van der Waals surface area contributed by atoms with Crippen LogP contribution < -0.4 is 4.74 Å². The molecule has 0 bridgehead atoms. The molecule has 0 spiro atoms. The number of rotatable bonds is 2. The Morgan fingerprint density at radius 3 is 3.00 bits per heavy atom. The Balaban J connectivity index is 2.51.